The van der Waals surface area contributed by atoms with Crippen molar-refractivity contribution in [2.45, 2.75) is 125 Å². The van der Waals surface area contributed by atoms with Gasteiger partial charge >= 0.3 is 0 Å². The van der Waals surface area contributed by atoms with E-state index in [0.717, 1.165) is 17.9 Å². The molecule has 0 aliphatic heterocycles. The summed E-state index contributed by atoms with van der Waals surface area (Å²) >= 11 is 0. The molecule has 0 aliphatic carbocycles. The van der Waals surface area contributed by atoms with Crippen molar-refractivity contribution in [3.8, 4) is 0 Å². The third-order valence-corrected chi connectivity index (χ3v) is 5.95. The fourth-order valence-electron chi connectivity index (χ4n) is 3.96. The Labute approximate surface area is 155 Å². The van der Waals surface area contributed by atoms with Gasteiger partial charge in [0.25, 0.3) is 0 Å². The lowest BCUT2D eigenvalue weighted by Gasteiger charge is -2.36. The van der Waals surface area contributed by atoms with Crippen LogP contribution in [0.1, 0.15) is 119 Å². The van der Waals surface area contributed by atoms with Gasteiger partial charge in [-0.1, -0.05) is 92.9 Å². The van der Waals surface area contributed by atoms with E-state index in [1.807, 2.05) is 0 Å². The largest absolute Gasteiger partial charge is 0.300 e. The highest BCUT2D eigenvalue weighted by Crippen LogP contribution is 2.23. The predicted octanol–water partition coefficient (Wildman–Crippen LogP) is 7.69. The van der Waals surface area contributed by atoms with Crippen molar-refractivity contribution in [1.29, 1.82) is 0 Å². The maximum absolute atomic E-state index is 2.92. The SMILES string of the molecule is CCCCC(CC)CN(CC(CC)CCCC)C(CC)CCCC. The van der Waals surface area contributed by atoms with Crippen LogP contribution in [0.3, 0.4) is 0 Å². The minimum absolute atomic E-state index is 0.816. The van der Waals surface area contributed by atoms with Gasteiger partial charge < -0.3 is 0 Å². The second-order valence-electron chi connectivity index (χ2n) is 7.99. The van der Waals surface area contributed by atoms with Crippen LogP contribution in [0.4, 0.5) is 0 Å². The lowest BCUT2D eigenvalue weighted by atomic mass is 9.93. The van der Waals surface area contributed by atoms with Crippen LogP contribution in [0.5, 0.6) is 0 Å². The molecule has 0 N–H and O–H groups in total. The molecule has 1 nitrogen and oxygen atoms in total. The molecule has 0 saturated heterocycles. The highest BCUT2D eigenvalue weighted by molar-refractivity contribution is 4.77. The lowest BCUT2D eigenvalue weighted by molar-refractivity contribution is 0.119. The number of unbranched alkanes of at least 4 members (excludes halogenated alkanes) is 3. The summed E-state index contributed by atoms with van der Waals surface area (Å²) in [7, 11) is 0. The molecule has 24 heavy (non-hydrogen) atoms. The van der Waals surface area contributed by atoms with Gasteiger partial charge in [-0.2, -0.15) is 0 Å². The van der Waals surface area contributed by atoms with E-state index in [4.69, 9.17) is 0 Å². The smallest absolute Gasteiger partial charge is 0.00928 e. The highest BCUT2D eigenvalue weighted by atomic mass is 15.2. The molecule has 0 spiro atoms. The van der Waals surface area contributed by atoms with Crippen LogP contribution in [0, 0.1) is 11.8 Å². The van der Waals surface area contributed by atoms with Crippen LogP contribution in [0.25, 0.3) is 0 Å². The van der Waals surface area contributed by atoms with E-state index in [0.29, 0.717) is 0 Å². The Bertz CT molecular complexity index is 232. The van der Waals surface area contributed by atoms with E-state index in [2.05, 4.69) is 46.4 Å². The summed E-state index contributed by atoms with van der Waals surface area (Å²) in [5.41, 5.74) is 0. The molecule has 146 valence electrons. The first kappa shape index (κ1) is 24.0. The topological polar surface area (TPSA) is 3.24 Å². The van der Waals surface area contributed by atoms with Crippen molar-refractivity contribution in [1.82, 2.24) is 4.90 Å². The molecule has 0 fully saturated rings. The first-order chi connectivity index (χ1) is 11.7. The summed E-state index contributed by atoms with van der Waals surface area (Å²) in [5.74, 6) is 1.81. The molecule has 0 amide bonds. The molecule has 0 rings (SSSR count). The number of hydrogen-bond donors (Lipinski definition) is 0. The van der Waals surface area contributed by atoms with E-state index in [1.54, 1.807) is 0 Å². The Morgan fingerprint density at radius 2 is 0.958 bits per heavy atom. The van der Waals surface area contributed by atoms with Crippen LogP contribution in [0.2, 0.25) is 0 Å². The molecule has 3 unspecified atom stereocenters. The van der Waals surface area contributed by atoms with E-state index < -0.39 is 0 Å². The van der Waals surface area contributed by atoms with E-state index in [1.165, 1.54) is 90.1 Å². The molecule has 0 heterocycles. The molecular formula is C23H49N. The van der Waals surface area contributed by atoms with E-state index in [-0.39, 0.29) is 0 Å². The molecule has 0 aromatic heterocycles. The molecule has 0 aromatic rings. The monoisotopic (exact) mass is 339 g/mol. The average molecular weight is 340 g/mol. The third kappa shape index (κ3) is 10.7. The van der Waals surface area contributed by atoms with Gasteiger partial charge in [-0.25, -0.2) is 0 Å². The van der Waals surface area contributed by atoms with Crippen molar-refractivity contribution in [3.63, 3.8) is 0 Å². The normalized spacial score (nSPS) is 15.6. The van der Waals surface area contributed by atoms with Crippen LogP contribution in [0.15, 0.2) is 0 Å². The summed E-state index contributed by atoms with van der Waals surface area (Å²) in [6.45, 7) is 16.9. The van der Waals surface area contributed by atoms with Crippen LogP contribution >= 0.6 is 0 Å². The zero-order chi connectivity index (χ0) is 18.2. The minimum atomic E-state index is 0.816. The fraction of sp³-hybridized carbons (Fsp3) is 1.00. The summed E-state index contributed by atoms with van der Waals surface area (Å²) < 4.78 is 0. The zero-order valence-corrected chi connectivity index (χ0v) is 18.1. The first-order valence-corrected chi connectivity index (χ1v) is 11.4. The molecular weight excluding hydrogens is 290 g/mol. The van der Waals surface area contributed by atoms with Crippen molar-refractivity contribution >= 4 is 0 Å². The second-order valence-corrected chi connectivity index (χ2v) is 7.99. The summed E-state index contributed by atoms with van der Waals surface area (Å²) in [6, 6.07) is 0.816. The van der Waals surface area contributed by atoms with Crippen molar-refractivity contribution in [3.05, 3.63) is 0 Å². The second kappa shape index (κ2) is 16.4. The number of hydrogen-bond acceptors (Lipinski definition) is 1. The Balaban J connectivity index is 4.88. The Kier molecular flexibility index (Phi) is 16.4. The quantitative estimate of drug-likeness (QED) is 0.262. The van der Waals surface area contributed by atoms with Gasteiger partial charge in [0.1, 0.15) is 0 Å². The Morgan fingerprint density at radius 1 is 0.542 bits per heavy atom. The van der Waals surface area contributed by atoms with Crippen molar-refractivity contribution in [2.75, 3.05) is 13.1 Å². The highest BCUT2D eigenvalue weighted by Gasteiger charge is 2.22. The van der Waals surface area contributed by atoms with E-state index >= 15 is 0 Å². The van der Waals surface area contributed by atoms with Gasteiger partial charge in [0, 0.05) is 19.1 Å². The predicted molar refractivity (Wildman–Crippen MR) is 112 cm³/mol. The lowest BCUT2D eigenvalue weighted by Crippen LogP contribution is -2.41. The van der Waals surface area contributed by atoms with Gasteiger partial charge in [-0.05, 0) is 37.5 Å². The molecule has 0 bridgehead atoms. The standard InChI is InChI=1S/C23H49N/c1-7-13-16-21(10-4)19-24(23(12-6)18-15-9-3)20-22(11-5)17-14-8-2/h21-23H,7-20H2,1-6H3. The summed E-state index contributed by atoms with van der Waals surface area (Å²) in [6.07, 6.45) is 16.5. The number of nitrogens with zero attached hydrogens (tertiary/aromatic N) is 1. The third-order valence-electron chi connectivity index (χ3n) is 5.95. The Hall–Kier alpha value is -0.0400. The van der Waals surface area contributed by atoms with Crippen LogP contribution < -0.4 is 0 Å². The molecule has 1 heteroatoms. The zero-order valence-electron chi connectivity index (χ0n) is 18.1. The summed E-state index contributed by atoms with van der Waals surface area (Å²) in [4.78, 5) is 2.92. The Morgan fingerprint density at radius 3 is 1.29 bits per heavy atom. The number of rotatable bonds is 17. The maximum atomic E-state index is 2.92. The maximum Gasteiger partial charge on any atom is 0.00928 e. The van der Waals surface area contributed by atoms with Gasteiger partial charge in [0.2, 0.25) is 0 Å². The fourth-order valence-corrected chi connectivity index (χ4v) is 3.96. The molecule has 0 saturated carbocycles. The van der Waals surface area contributed by atoms with E-state index in [9.17, 15) is 0 Å². The average Bonchev–Trinajstić information content (AvgIpc) is 2.61. The van der Waals surface area contributed by atoms with Gasteiger partial charge in [0.15, 0.2) is 0 Å². The van der Waals surface area contributed by atoms with Crippen molar-refractivity contribution in [2.24, 2.45) is 11.8 Å². The van der Waals surface area contributed by atoms with Crippen LogP contribution in [-0.2, 0) is 0 Å². The molecule has 3 atom stereocenters. The van der Waals surface area contributed by atoms with Crippen LogP contribution in [-0.4, -0.2) is 24.0 Å². The van der Waals surface area contributed by atoms with Gasteiger partial charge in [0.05, 0.1) is 0 Å². The van der Waals surface area contributed by atoms with Crippen molar-refractivity contribution < 1.29 is 0 Å². The molecule has 0 aromatic carbocycles. The first-order valence-electron chi connectivity index (χ1n) is 11.4. The molecule has 0 aliphatic rings. The summed E-state index contributed by atoms with van der Waals surface area (Å²) in [5, 5.41) is 0. The van der Waals surface area contributed by atoms with Gasteiger partial charge in [-0.15, -0.1) is 0 Å². The molecule has 0 radical (unpaired) electrons. The minimum Gasteiger partial charge on any atom is -0.300 e. The van der Waals surface area contributed by atoms with Gasteiger partial charge in [-0.3, -0.25) is 4.90 Å².